The van der Waals surface area contributed by atoms with Crippen molar-refractivity contribution in [1.82, 2.24) is 10.3 Å². The van der Waals surface area contributed by atoms with Gasteiger partial charge in [0.1, 0.15) is 5.76 Å². The van der Waals surface area contributed by atoms with E-state index in [9.17, 15) is 0 Å². The number of methoxy groups -OCH3 is 1. The van der Waals surface area contributed by atoms with E-state index in [1.807, 2.05) is 6.20 Å². The number of ether oxygens (including phenoxy) is 1. The third-order valence-electron chi connectivity index (χ3n) is 4.44. The highest BCUT2D eigenvalue weighted by Crippen LogP contribution is 2.57. The van der Waals surface area contributed by atoms with E-state index in [0.717, 1.165) is 56.0 Å². The SMILES string of the molecule is COCCNCCCc1ncc(C2CC3CC3C2)o1. The molecule has 3 rings (SSSR count). The second-order valence-electron chi connectivity index (χ2n) is 5.93. The van der Waals surface area contributed by atoms with Crippen molar-refractivity contribution in [2.24, 2.45) is 11.8 Å². The van der Waals surface area contributed by atoms with Crippen LogP contribution in [-0.2, 0) is 11.2 Å². The number of fused-ring (bicyclic) bond motifs is 1. The standard InChI is InChI=1S/C15H24N2O2/c1-18-6-5-16-4-2-3-15-17-10-14(19-15)13-8-11-7-12(11)9-13/h10-13,16H,2-9H2,1H3. The first kappa shape index (κ1) is 13.1. The second kappa shape index (κ2) is 6.06. The maximum atomic E-state index is 5.90. The summed E-state index contributed by atoms with van der Waals surface area (Å²) in [6.45, 7) is 2.68. The fraction of sp³-hybridized carbons (Fsp3) is 0.800. The average Bonchev–Trinajstić information content (AvgIpc) is 2.86. The molecule has 0 saturated heterocycles. The molecule has 19 heavy (non-hydrogen) atoms. The van der Waals surface area contributed by atoms with E-state index in [1.54, 1.807) is 7.11 Å². The quantitative estimate of drug-likeness (QED) is 0.732. The maximum Gasteiger partial charge on any atom is 0.194 e. The van der Waals surface area contributed by atoms with Gasteiger partial charge >= 0.3 is 0 Å². The van der Waals surface area contributed by atoms with E-state index in [1.165, 1.54) is 19.3 Å². The Morgan fingerprint density at radius 3 is 2.95 bits per heavy atom. The number of oxazole rings is 1. The zero-order chi connectivity index (χ0) is 13.1. The lowest BCUT2D eigenvalue weighted by Crippen LogP contribution is -2.20. The van der Waals surface area contributed by atoms with E-state index >= 15 is 0 Å². The lowest BCUT2D eigenvalue weighted by Gasteiger charge is -2.06. The minimum atomic E-state index is 0.657. The molecule has 0 bridgehead atoms. The summed E-state index contributed by atoms with van der Waals surface area (Å²) in [5, 5.41) is 3.34. The molecular formula is C15H24N2O2. The van der Waals surface area contributed by atoms with Crippen LogP contribution in [0.3, 0.4) is 0 Å². The van der Waals surface area contributed by atoms with Crippen LogP contribution in [0, 0.1) is 11.8 Å². The van der Waals surface area contributed by atoms with Crippen LogP contribution in [0.2, 0.25) is 0 Å². The number of nitrogens with one attached hydrogen (secondary N) is 1. The van der Waals surface area contributed by atoms with Gasteiger partial charge in [-0.2, -0.15) is 0 Å². The highest BCUT2D eigenvalue weighted by molar-refractivity contribution is 5.11. The van der Waals surface area contributed by atoms with Crippen LogP contribution in [0.25, 0.3) is 0 Å². The highest BCUT2D eigenvalue weighted by Gasteiger charge is 2.47. The number of nitrogens with zero attached hydrogens (tertiary/aromatic N) is 1. The van der Waals surface area contributed by atoms with E-state index in [4.69, 9.17) is 9.15 Å². The van der Waals surface area contributed by atoms with Gasteiger partial charge in [0.15, 0.2) is 5.89 Å². The third kappa shape index (κ3) is 3.37. The summed E-state index contributed by atoms with van der Waals surface area (Å²) < 4.78 is 10.9. The number of hydrogen-bond donors (Lipinski definition) is 1. The topological polar surface area (TPSA) is 47.3 Å². The summed E-state index contributed by atoms with van der Waals surface area (Å²) in [6, 6.07) is 0. The summed E-state index contributed by atoms with van der Waals surface area (Å²) >= 11 is 0. The number of aromatic nitrogens is 1. The van der Waals surface area contributed by atoms with Gasteiger partial charge in [-0.05, 0) is 44.1 Å². The summed E-state index contributed by atoms with van der Waals surface area (Å²) in [4.78, 5) is 4.42. The molecule has 4 nitrogen and oxygen atoms in total. The first-order valence-corrected chi connectivity index (χ1v) is 7.51. The van der Waals surface area contributed by atoms with Gasteiger partial charge in [0.2, 0.25) is 0 Å². The largest absolute Gasteiger partial charge is 0.445 e. The molecule has 1 aromatic heterocycles. The van der Waals surface area contributed by atoms with E-state index in [0.29, 0.717) is 5.92 Å². The molecule has 1 N–H and O–H groups in total. The third-order valence-corrected chi connectivity index (χ3v) is 4.44. The van der Waals surface area contributed by atoms with Crippen LogP contribution in [-0.4, -0.2) is 31.8 Å². The Morgan fingerprint density at radius 1 is 1.32 bits per heavy atom. The molecule has 0 aliphatic heterocycles. The zero-order valence-electron chi connectivity index (χ0n) is 11.7. The van der Waals surface area contributed by atoms with Gasteiger partial charge in [0, 0.05) is 26.0 Å². The van der Waals surface area contributed by atoms with Crippen molar-refractivity contribution < 1.29 is 9.15 Å². The van der Waals surface area contributed by atoms with Crippen molar-refractivity contribution in [2.75, 3.05) is 26.8 Å². The van der Waals surface area contributed by atoms with Crippen LogP contribution in [0.15, 0.2) is 10.6 Å². The van der Waals surface area contributed by atoms with Crippen LogP contribution in [0.5, 0.6) is 0 Å². The Labute approximate surface area is 114 Å². The highest BCUT2D eigenvalue weighted by atomic mass is 16.5. The smallest absolute Gasteiger partial charge is 0.194 e. The Morgan fingerprint density at radius 2 is 2.16 bits per heavy atom. The Hall–Kier alpha value is -0.870. The van der Waals surface area contributed by atoms with E-state index in [2.05, 4.69) is 10.3 Å². The lowest BCUT2D eigenvalue weighted by molar-refractivity contribution is 0.199. The van der Waals surface area contributed by atoms with Gasteiger partial charge in [0.05, 0.1) is 12.8 Å². The molecule has 0 amide bonds. The van der Waals surface area contributed by atoms with E-state index < -0.39 is 0 Å². The maximum absolute atomic E-state index is 5.90. The predicted molar refractivity (Wildman–Crippen MR) is 73.1 cm³/mol. The number of aryl methyl sites for hydroxylation is 1. The molecule has 2 fully saturated rings. The molecule has 2 unspecified atom stereocenters. The minimum Gasteiger partial charge on any atom is -0.445 e. The van der Waals surface area contributed by atoms with E-state index in [-0.39, 0.29) is 0 Å². The Kier molecular flexibility index (Phi) is 4.18. The van der Waals surface area contributed by atoms with Crippen molar-refractivity contribution >= 4 is 0 Å². The minimum absolute atomic E-state index is 0.657. The molecule has 106 valence electrons. The van der Waals surface area contributed by atoms with Crippen molar-refractivity contribution in [3.8, 4) is 0 Å². The zero-order valence-corrected chi connectivity index (χ0v) is 11.7. The predicted octanol–water partition coefficient (Wildman–Crippen LogP) is 2.36. The summed E-state index contributed by atoms with van der Waals surface area (Å²) in [6.07, 6.45) is 8.09. The van der Waals surface area contributed by atoms with Crippen LogP contribution >= 0.6 is 0 Å². The van der Waals surface area contributed by atoms with Gasteiger partial charge in [-0.1, -0.05) is 0 Å². The summed E-state index contributed by atoms with van der Waals surface area (Å²) in [5.74, 6) is 4.70. The molecule has 2 saturated carbocycles. The summed E-state index contributed by atoms with van der Waals surface area (Å²) in [5.41, 5.74) is 0. The van der Waals surface area contributed by atoms with Crippen molar-refractivity contribution in [2.45, 2.75) is 38.0 Å². The van der Waals surface area contributed by atoms with Gasteiger partial charge in [-0.25, -0.2) is 4.98 Å². The fourth-order valence-electron chi connectivity index (χ4n) is 3.24. The average molecular weight is 264 g/mol. The molecule has 2 aliphatic rings. The molecule has 1 heterocycles. The van der Waals surface area contributed by atoms with Crippen molar-refractivity contribution in [3.05, 3.63) is 17.8 Å². The van der Waals surface area contributed by atoms with Crippen molar-refractivity contribution in [3.63, 3.8) is 0 Å². The van der Waals surface area contributed by atoms with Crippen LogP contribution in [0.1, 0.15) is 43.3 Å². The van der Waals surface area contributed by atoms with Crippen molar-refractivity contribution in [1.29, 1.82) is 0 Å². The monoisotopic (exact) mass is 264 g/mol. The van der Waals surface area contributed by atoms with Crippen LogP contribution in [0.4, 0.5) is 0 Å². The molecule has 2 atom stereocenters. The second-order valence-corrected chi connectivity index (χ2v) is 5.93. The van der Waals surface area contributed by atoms with Gasteiger partial charge in [0.25, 0.3) is 0 Å². The molecular weight excluding hydrogens is 240 g/mol. The first-order valence-electron chi connectivity index (χ1n) is 7.51. The molecule has 0 spiro atoms. The molecule has 4 heteroatoms. The van der Waals surface area contributed by atoms with Gasteiger partial charge in [-0.15, -0.1) is 0 Å². The molecule has 2 aliphatic carbocycles. The Balaban J connectivity index is 1.36. The van der Waals surface area contributed by atoms with Gasteiger partial charge < -0.3 is 14.5 Å². The summed E-state index contributed by atoms with van der Waals surface area (Å²) in [7, 11) is 1.73. The Bertz CT molecular complexity index is 395. The molecule has 0 aromatic carbocycles. The number of rotatable bonds is 8. The molecule has 1 aromatic rings. The van der Waals surface area contributed by atoms with Crippen LogP contribution < -0.4 is 5.32 Å². The number of hydrogen-bond acceptors (Lipinski definition) is 4. The normalized spacial score (nSPS) is 28.6. The fourth-order valence-corrected chi connectivity index (χ4v) is 3.24. The molecule has 0 radical (unpaired) electrons. The lowest BCUT2D eigenvalue weighted by atomic mass is 10.0. The first-order chi connectivity index (χ1) is 9.36. The van der Waals surface area contributed by atoms with Gasteiger partial charge in [-0.3, -0.25) is 0 Å².